The molecule has 152 valence electrons. The van der Waals surface area contributed by atoms with Crippen LogP contribution < -0.4 is 0 Å². The molecule has 0 N–H and O–H groups in total. The zero-order valence-electron chi connectivity index (χ0n) is 14.7. The van der Waals surface area contributed by atoms with Crippen LogP contribution in [0, 0.1) is 3.57 Å². The van der Waals surface area contributed by atoms with E-state index in [9.17, 15) is 26.3 Å². The number of methoxy groups -OCH3 is 1. The first kappa shape index (κ1) is 21.0. The minimum absolute atomic E-state index is 0.0377. The van der Waals surface area contributed by atoms with Gasteiger partial charge in [0.15, 0.2) is 0 Å². The molecule has 2 aromatic carbocycles. The summed E-state index contributed by atoms with van der Waals surface area (Å²) >= 11 is -3.55. The number of alkyl halides is 6. The van der Waals surface area contributed by atoms with Crippen LogP contribution in [0.4, 0.5) is 26.3 Å². The van der Waals surface area contributed by atoms with Crippen LogP contribution in [0.2, 0.25) is 0 Å². The third-order valence-electron chi connectivity index (χ3n) is 4.24. The van der Waals surface area contributed by atoms with Crippen LogP contribution in [0.1, 0.15) is 18.1 Å². The Bertz CT molecular complexity index is 875. The molecule has 1 aliphatic heterocycles. The molecule has 0 fully saturated rings. The van der Waals surface area contributed by atoms with Crippen LogP contribution >= 0.6 is 20.2 Å². The Morgan fingerprint density at radius 2 is 1.43 bits per heavy atom. The molecule has 0 aliphatic carbocycles. The van der Waals surface area contributed by atoms with Crippen molar-refractivity contribution in [3.05, 3.63) is 72.9 Å². The normalized spacial score (nSPS) is 18.5. The van der Waals surface area contributed by atoms with E-state index >= 15 is 0 Å². The SMILES string of the molecule is CO/C(=C(/C)I1OC(C(F)(F)F)(C(F)(F)F)c2ccccc21)c1ccccc1. The minimum atomic E-state index is -5.66. The van der Waals surface area contributed by atoms with Crippen LogP contribution in [0.5, 0.6) is 0 Å². The standard InChI is InChI=1S/C19H15F6IO2/c1-12(16(27-2)13-8-4-3-5-9-13)26-15-11-7-6-10-14(15)17(28-26,18(20,21)22)19(23,24)25/h3-11H,1-2H3/b16-12-. The second-order valence-electron chi connectivity index (χ2n) is 5.92. The van der Waals surface area contributed by atoms with Crippen LogP contribution in [0.25, 0.3) is 5.76 Å². The average Bonchev–Trinajstić information content (AvgIpc) is 3.00. The van der Waals surface area contributed by atoms with E-state index in [2.05, 4.69) is 0 Å². The van der Waals surface area contributed by atoms with Gasteiger partial charge >= 0.3 is 165 Å². The first-order valence-corrected chi connectivity index (χ1v) is 11.0. The van der Waals surface area contributed by atoms with Crippen LogP contribution in [-0.2, 0) is 13.4 Å². The van der Waals surface area contributed by atoms with Crippen molar-refractivity contribution in [1.82, 2.24) is 0 Å². The van der Waals surface area contributed by atoms with Gasteiger partial charge in [0.1, 0.15) is 0 Å². The van der Waals surface area contributed by atoms with Gasteiger partial charge in [0.05, 0.1) is 0 Å². The van der Waals surface area contributed by atoms with Crippen molar-refractivity contribution < 1.29 is 34.1 Å². The van der Waals surface area contributed by atoms with Crippen molar-refractivity contribution in [1.29, 1.82) is 0 Å². The van der Waals surface area contributed by atoms with Crippen LogP contribution in [0.3, 0.4) is 0 Å². The van der Waals surface area contributed by atoms with E-state index in [1.807, 2.05) is 0 Å². The topological polar surface area (TPSA) is 18.5 Å². The van der Waals surface area contributed by atoms with Gasteiger partial charge in [-0.05, 0) is 0 Å². The van der Waals surface area contributed by atoms with Crippen molar-refractivity contribution in [2.24, 2.45) is 0 Å². The van der Waals surface area contributed by atoms with E-state index in [4.69, 9.17) is 7.80 Å². The maximum atomic E-state index is 13.8. The van der Waals surface area contributed by atoms with Crippen molar-refractivity contribution in [3.63, 3.8) is 0 Å². The van der Waals surface area contributed by atoms with E-state index in [1.54, 1.807) is 30.3 Å². The molecule has 2 nitrogen and oxygen atoms in total. The fourth-order valence-corrected chi connectivity index (χ4v) is 8.42. The molecule has 2 aromatic rings. The first-order chi connectivity index (χ1) is 13.0. The summed E-state index contributed by atoms with van der Waals surface area (Å²) in [5.41, 5.74) is -4.67. The van der Waals surface area contributed by atoms with Gasteiger partial charge in [-0.25, -0.2) is 0 Å². The average molecular weight is 516 g/mol. The van der Waals surface area contributed by atoms with Gasteiger partial charge in [-0.15, -0.1) is 0 Å². The second-order valence-corrected chi connectivity index (χ2v) is 10.6. The van der Waals surface area contributed by atoms with Gasteiger partial charge in [0.25, 0.3) is 0 Å². The van der Waals surface area contributed by atoms with Gasteiger partial charge in [0.2, 0.25) is 0 Å². The number of hydrogen-bond donors (Lipinski definition) is 0. The Kier molecular flexibility index (Phi) is 5.43. The zero-order valence-corrected chi connectivity index (χ0v) is 16.8. The summed E-state index contributed by atoms with van der Waals surface area (Å²) in [6, 6.07) is 13.2. The molecule has 0 bridgehead atoms. The molecular formula is C19H15F6IO2. The maximum absolute atomic E-state index is 13.8. The molecule has 1 heterocycles. The monoisotopic (exact) mass is 516 g/mol. The number of allylic oxidation sites excluding steroid dienone is 1. The summed E-state index contributed by atoms with van der Waals surface area (Å²) in [5.74, 6) is 0.223. The van der Waals surface area contributed by atoms with E-state index < -0.39 is 43.8 Å². The van der Waals surface area contributed by atoms with Gasteiger partial charge < -0.3 is 0 Å². The van der Waals surface area contributed by atoms with Gasteiger partial charge in [-0.3, -0.25) is 0 Å². The first-order valence-electron chi connectivity index (χ1n) is 7.97. The van der Waals surface area contributed by atoms with Crippen LogP contribution in [0.15, 0.2) is 58.2 Å². The van der Waals surface area contributed by atoms with Gasteiger partial charge in [-0.2, -0.15) is 0 Å². The number of halogens is 7. The summed E-state index contributed by atoms with van der Waals surface area (Å²) in [6.07, 6.45) is -11.3. The summed E-state index contributed by atoms with van der Waals surface area (Å²) in [7, 11) is 1.32. The molecule has 3 rings (SSSR count). The quantitative estimate of drug-likeness (QED) is 0.258. The van der Waals surface area contributed by atoms with E-state index in [-0.39, 0.29) is 12.9 Å². The molecule has 0 spiro atoms. The van der Waals surface area contributed by atoms with Gasteiger partial charge in [0, 0.05) is 0 Å². The number of rotatable bonds is 3. The Hall–Kier alpha value is -1.75. The molecule has 9 heteroatoms. The Morgan fingerprint density at radius 3 is 1.96 bits per heavy atom. The number of benzene rings is 2. The van der Waals surface area contributed by atoms with Crippen LogP contribution in [-0.4, -0.2) is 19.5 Å². The predicted molar refractivity (Wildman–Crippen MR) is 100 cm³/mol. The molecule has 0 radical (unpaired) electrons. The summed E-state index contributed by atoms with van der Waals surface area (Å²) in [4.78, 5) is 0. The number of hydrogen-bond acceptors (Lipinski definition) is 2. The van der Waals surface area contributed by atoms with Gasteiger partial charge in [-0.1, -0.05) is 0 Å². The fraction of sp³-hybridized carbons (Fsp3) is 0.263. The molecule has 0 unspecified atom stereocenters. The summed E-state index contributed by atoms with van der Waals surface area (Å²) in [5, 5.41) is 0. The second kappa shape index (κ2) is 7.25. The summed E-state index contributed by atoms with van der Waals surface area (Å²) < 4.78 is 93.1. The molecular weight excluding hydrogens is 501 g/mol. The van der Waals surface area contributed by atoms with Crippen molar-refractivity contribution in [2.45, 2.75) is 24.9 Å². The molecule has 0 atom stereocenters. The van der Waals surface area contributed by atoms with E-state index in [0.717, 1.165) is 12.1 Å². The molecule has 0 saturated carbocycles. The Morgan fingerprint density at radius 1 is 0.893 bits per heavy atom. The molecule has 0 amide bonds. The van der Waals surface area contributed by atoms with Crippen molar-refractivity contribution in [2.75, 3.05) is 7.11 Å². The molecule has 1 aliphatic rings. The molecule has 28 heavy (non-hydrogen) atoms. The summed E-state index contributed by atoms with van der Waals surface area (Å²) in [6.45, 7) is 1.47. The zero-order chi connectivity index (χ0) is 20.7. The van der Waals surface area contributed by atoms with Crippen molar-refractivity contribution in [3.8, 4) is 0 Å². The Labute approximate surface area is 165 Å². The molecule has 0 aromatic heterocycles. The third-order valence-corrected chi connectivity index (χ3v) is 9.30. The molecule has 0 saturated heterocycles. The third kappa shape index (κ3) is 3.18. The van der Waals surface area contributed by atoms with E-state index in [0.29, 0.717) is 5.56 Å². The fourth-order valence-electron chi connectivity index (χ4n) is 2.98. The number of ether oxygens (including phenoxy) is 1. The predicted octanol–water partition coefficient (Wildman–Crippen LogP) is 6.66. The number of fused-ring (bicyclic) bond motifs is 1. The van der Waals surface area contributed by atoms with Crippen molar-refractivity contribution >= 4 is 26.0 Å². The Balaban J connectivity index is 2.24. The van der Waals surface area contributed by atoms with E-state index in [1.165, 1.54) is 26.2 Å².